The Hall–Kier alpha value is -2.22. The molecule has 0 aromatic carbocycles. The van der Waals surface area contributed by atoms with Gasteiger partial charge in [0.05, 0.1) is 4.92 Å². The van der Waals surface area contributed by atoms with Crippen LogP contribution in [0, 0.1) is 17.0 Å². The quantitative estimate of drug-likeness (QED) is 0.592. The molecule has 1 aliphatic rings. The fraction of sp³-hybridized carbons (Fsp3) is 0.455. The minimum atomic E-state index is -1.02. The molecule has 1 aromatic rings. The molecule has 1 aliphatic heterocycles. The molecule has 2 heterocycles. The van der Waals surface area contributed by atoms with E-state index in [0.717, 1.165) is 0 Å². The Morgan fingerprint density at radius 2 is 2.42 bits per heavy atom. The summed E-state index contributed by atoms with van der Waals surface area (Å²) in [5.41, 5.74) is 0.505. The number of nitrogens with one attached hydrogen (secondary N) is 1. The van der Waals surface area contributed by atoms with E-state index < -0.39 is 16.9 Å². The highest BCUT2D eigenvalue weighted by Crippen LogP contribution is 2.28. The van der Waals surface area contributed by atoms with Gasteiger partial charge in [-0.15, -0.1) is 0 Å². The lowest BCUT2D eigenvalue weighted by Gasteiger charge is -2.33. The number of carboxylic acid groups (broad SMARTS) is 1. The molecule has 0 bridgehead atoms. The second-order valence-electron chi connectivity index (χ2n) is 4.36. The van der Waals surface area contributed by atoms with Crippen molar-refractivity contribution in [1.82, 2.24) is 10.3 Å². The highest BCUT2D eigenvalue weighted by Gasteiger charge is 2.33. The number of rotatable bonds is 3. The Kier molecular flexibility index (Phi) is 3.61. The molecule has 0 amide bonds. The third kappa shape index (κ3) is 2.63. The molecule has 1 aromatic heterocycles. The normalized spacial score (nSPS) is 19.2. The van der Waals surface area contributed by atoms with Crippen LogP contribution in [0.2, 0.25) is 0 Å². The predicted molar refractivity (Wildman–Crippen MR) is 67.3 cm³/mol. The van der Waals surface area contributed by atoms with Crippen molar-refractivity contribution >= 4 is 17.5 Å². The maximum absolute atomic E-state index is 11.2. The molecule has 0 spiro atoms. The van der Waals surface area contributed by atoms with Gasteiger partial charge in [-0.2, -0.15) is 0 Å². The summed E-state index contributed by atoms with van der Waals surface area (Å²) in [4.78, 5) is 27.3. The van der Waals surface area contributed by atoms with Crippen LogP contribution >= 0.6 is 0 Å². The fourth-order valence-electron chi connectivity index (χ4n) is 2.08. The Morgan fingerprint density at radius 1 is 1.68 bits per heavy atom. The third-order valence-corrected chi connectivity index (χ3v) is 2.98. The lowest BCUT2D eigenvalue weighted by molar-refractivity contribution is -0.384. The minimum absolute atomic E-state index is 0.115. The first kappa shape index (κ1) is 13.2. The van der Waals surface area contributed by atoms with Gasteiger partial charge in [-0.25, -0.2) is 9.78 Å². The number of aliphatic carboxylic acids is 1. The Balaban J connectivity index is 2.44. The van der Waals surface area contributed by atoms with E-state index in [4.69, 9.17) is 0 Å². The van der Waals surface area contributed by atoms with Gasteiger partial charge in [-0.1, -0.05) is 0 Å². The van der Waals surface area contributed by atoms with Gasteiger partial charge < -0.3 is 15.3 Å². The first-order chi connectivity index (χ1) is 9.00. The van der Waals surface area contributed by atoms with E-state index in [2.05, 4.69) is 10.3 Å². The number of anilines is 1. The maximum atomic E-state index is 11.2. The van der Waals surface area contributed by atoms with Crippen LogP contribution in [0.5, 0.6) is 0 Å². The number of carboxylic acids is 1. The molecule has 1 unspecified atom stereocenters. The summed E-state index contributed by atoms with van der Waals surface area (Å²) in [7, 11) is 0. The molecular formula is C11H14N4O4. The van der Waals surface area contributed by atoms with Gasteiger partial charge in [0.15, 0.2) is 0 Å². The van der Waals surface area contributed by atoms with Gasteiger partial charge in [-0.05, 0) is 12.5 Å². The van der Waals surface area contributed by atoms with Gasteiger partial charge in [0, 0.05) is 31.9 Å². The monoisotopic (exact) mass is 266 g/mol. The number of hydrogen-bond donors (Lipinski definition) is 2. The number of aromatic nitrogens is 1. The van der Waals surface area contributed by atoms with Crippen molar-refractivity contribution in [2.45, 2.75) is 13.0 Å². The summed E-state index contributed by atoms with van der Waals surface area (Å²) in [6.45, 7) is 2.88. The van der Waals surface area contributed by atoms with Gasteiger partial charge >= 0.3 is 11.7 Å². The maximum Gasteiger partial charge on any atom is 0.327 e. The summed E-state index contributed by atoms with van der Waals surface area (Å²) in [6, 6.07) is 0.561. The number of pyridine rings is 1. The van der Waals surface area contributed by atoms with Crippen LogP contribution in [0.25, 0.3) is 0 Å². The largest absolute Gasteiger partial charge is 0.480 e. The Labute approximate surface area is 109 Å². The Bertz CT molecular complexity index is 519. The van der Waals surface area contributed by atoms with Crippen LogP contribution in [0.3, 0.4) is 0 Å². The molecule has 2 N–H and O–H groups in total. The van der Waals surface area contributed by atoms with Gasteiger partial charge in [0.1, 0.15) is 6.04 Å². The van der Waals surface area contributed by atoms with E-state index in [0.29, 0.717) is 18.7 Å². The van der Waals surface area contributed by atoms with Crippen LogP contribution < -0.4 is 10.2 Å². The summed E-state index contributed by atoms with van der Waals surface area (Å²) >= 11 is 0. The standard InChI is InChI=1S/C11H14N4O4/c1-7-4-8(15(18)19)10(13-5-7)14-3-2-12-6-9(14)11(16)17/h4-5,9,12H,2-3,6H2,1H3,(H,16,17). The smallest absolute Gasteiger partial charge is 0.327 e. The third-order valence-electron chi connectivity index (χ3n) is 2.98. The van der Waals surface area contributed by atoms with Gasteiger partial charge in [0.25, 0.3) is 0 Å². The summed E-state index contributed by atoms with van der Waals surface area (Å²) < 4.78 is 0. The van der Waals surface area contributed by atoms with Crippen molar-refractivity contribution in [3.8, 4) is 0 Å². The van der Waals surface area contributed by atoms with Crippen molar-refractivity contribution in [3.05, 3.63) is 27.9 Å². The van der Waals surface area contributed by atoms with E-state index in [1.54, 1.807) is 6.92 Å². The number of nitrogens with zero attached hydrogens (tertiary/aromatic N) is 3. The highest BCUT2D eigenvalue weighted by molar-refractivity contribution is 5.79. The van der Waals surface area contributed by atoms with Crippen molar-refractivity contribution in [2.24, 2.45) is 0 Å². The molecule has 1 atom stereocenters. The number of aryl methyl sites for hydroxylation is 1. The Morgan fingerprint density at radius 3 is 3.05 bits per heavy atom. The van der Waals surface area contributed by atoms with E-state index in [9.17, 15) is 20.0 Å². The molecule has 1 fully saturated rings. The van der Waals surface area contributed by atoms with Gasteiger partial charge in [-0.3, -0.25) is 10.1 Å². The average molecular weight is 266 g/mol. The summed E-state index contributed by atoms with van der Waals surface area (Å²) in [5, 5.41) is 23.2. The fourth-order valence-corrected chi connectivity index (χ4v) is 2.08. The lowest BCUT2D eigenvalue weighted by Crippen LogP contribution is -2.55. The summed E-state index contributed by atoms with van der Waals surface area (Å²) in [6.07, 6.45) is 1.50. The van der Waals surface area contributed by atoms with E-state index in [1.807, 2.05) is 0 Å². The second-order valence-corrected chi connectivity index (χ2v) is 4.36. The minimum Gasteiger partial charge on any atom is -0.480 e. The van der Waals surface area contributed by atoms with Crippen molar-refractivity contribution in [2.75, 3.05) is 24.5 Å². The van der Waals surface area contributed by atoms with Gasteiger partial charge in [0.2, 0.25) is 5.82 Å². The first-order valence-electron chi connectivity index (χ1n) is 5.82. The number of hydrogen-bond acceptors (Lipinski definition) is 6. The van der Waals surface area contributed by atoms with Crippen molar-refractivity contribution < 1.29 is 14.8 Å². The number of piperazine rings is 1. The number of nitro groups is 1. The van der Waals surface area contributed by atoms with Crippen LogP contribution in [0.15, 0.2) is 12.3 Å². The number of carbonyl (C=O) groups is 1. The van der Waals surface area contributed by atoms with Crippen LogP contribution in [0.1, 0.15) is 5.56 Å². The predicted octanol–water partition coefficient (Wildman–Crippen LogP) is 0.161. The topological polar surface area (TPSA) is 109 Å². The van der Waals surface area contributed by atoms with Crippen molar-refractivity contribution in [1.29, 1.82) is 0 Å². The zero-order valence-corrected chi connectivity index (χ0v) is 10.4. The SMILES string of the molecule is Cc1cnc(N2CCNCC2C(=O)O)c([N+](=O)[O-])c1. The van der Waals surface area contributed by atoms with Crippen LogP contribution in [-0.4, -0.2) is 46.7 Å². The molecule has 8 nitrogen and oxygen atoms in total. The zero-order valence-electron chi connectivity index (χ0n) is 10.4. The molecule has 0 saturated carbocycles. The highest BCUT2D eigenvalue weighted by atomic mass is 16.6. The van der Waals surface area contributed by atoms with Crippen LogP contribution in [-0.2, 0) is 4.79 Å². The molecular weight excluding hydrogens is 252 g/mol. The molecule has 8 heteroatoms. The van der Waals surface area contributed by atoms with E-state index >= 15 is 0 Å². The summed E-state index contributed by atoms with van der Waals surface area (Å²) in [5.74, 6) is -0.909. The van der Waals surface area contributed by atoms with Crippen LogP contribution in [0.4, 0.5) is 11.5 Å². The average Bonchev–Trinajstić information content (AvgIpc) is 2.38. The molecule has 102 valence electrons. The van der Waals surface area contributed by atoms with Crippen molar-refractivity contribution in [3.63, 3.8) is 0 Å². The van der Waals surface area contributed by atoms with E-state index in [1.165, 1.54) is 17.2 Å². The molecule has 0 radical (unpaired) electrons. The van der Waals surface area contributed by atoms with E-state index in [-0.39, 0.29) is 18.1 Å². The molecule has 1 saturated heterocycles. The zero-order chi connectivity index (χ0) is 14.0. The molecule has 0 aliphatic carbocycles. The lowest BCUT2D eigenvalue weighted by atomic mass is 10.1. The second kappa shape index (κ2) is 5.19. The molecule has 19 heavy (non-hydrogen) atoms. The molecule has 2 rings (SSSR count). The first-order valence-corrected chi connectivity index (χ1v) is 5.82.